The number of thioether (sulfide) groups is 1. The van der Waals surface area contributed by atoms with Crippen molar-refractivity contribution >= 4 is 70.0 Å². The summed E-state index contributed by atoms with van der Waals surface area (Å²) in [6.07, 6.45) is 9.96. The standard InChI is InChI=1S/C48H70N10O9S/c1-29(52-44(62)36(21-23-68-3)54-41(59)27-50)42(60)56-38(24-31-14-6-4-7-15-31)45(63)53-30(2)43(61)57-39(25-32-16-8-5-9-17-32)46(64)58-40(26-33-28-51-35-19-11-10-18-34(33)35)47(65)55-37(48(66)67)20-12-13-22-49/h5,8-11,16-19,28-31,36-40,51H,4,6-7,12-15,20-27,49-50H2,1-3H3,(H,52,62)(H,53,63)(H,54,59)(H,55,65)(H,56,60)(H,57,61)(H,58,64)(H,66,67)/t29-,30-,36-,37-,38-,39-,40+/m0/s1. The van der Waals surface area contributed by atoms with Crippen LogP contribution in [0.5, 0.6) is 0 Å². The number of aromatic nitrogens is 1. The van der Waals surface area contributed by atoms with Gasteiger partial charge in [0, 0.05) is 29.9 Å². The normalized spacial score (nSPS) is 15.8. The van der Waals surface area contributed by atoms with E-state index in [0.717, 1.165) is 43.0 Å². The van der Waals surface area contributed by atoms with E-state index in [0.29, 0.717) is 42.7 Å². The van der Waals surface area contributed by atoms with Crippen LogP contribution >= 0.6 is 11.8 Å². The third-order valence-corrected chi connectivity index (χ3v) is 12.7. The number of aromatic amines is 1. The van der Waals surface area contributed by atoms with Gasteiger partial charge >= 0.3 is 5.97 Å². The van der Waals surface area contributed by atoms with Gasteiger partial charge in [-0.15, -0.1) is 0 Å². The molecule has 372 valence electrons. The van der Waals surface area contributed by atoms with Gasteiger partial charge in [0.25, 0.3) is 0 Å². The van der Waals surface area contributed by atoms with Gasteiger partial charge in [-0.3, -0.25) is 33.6 Å². The Bertz CT molecular complexity index is 2150. The Morgan fingerprint density at radius 1 is 0.647 bits per heavy atom. The van der Waals surface area contributed by atoms with Crippen molar-refractivity contribution in [1.82, 2.24) is 42.2 Å². The number of fused-ring (bicyclic) bond motifs is 1. The molecule has 1 heterocycles. The number of nitrogens with one attached hydrogen (secondary N) is 8. The van der Waals surface area contributed by atoms with E-state index in [1.165, 1.54) is 25.6 Å². The molecule has 3 aromatic rings. The lowest BCUT2D eigenvalue weighted by Crippen LogP contribution is -2.60. The largest absolute Gasteiger partial charge is 0.480 e. The van der Waals surface area contributed by atoms with E-state index >= 15 is 0 Å². The molecule has 0 radical (unpaired) electrons. The Balaban J connectivity index is 1.53. The highest BCUT2D eigenvalue weighted by Crippen LogP contribution is 2.27. The molecule has 4 rings (SSSR count). The number of benzene rings is 2. The van der Waals surface area contributed by atoms with Crippen LogP contribution in [-0.4, -0.2) is 125 Å². The van der Waals surface area contributed by atoms with E-state index in [1.807, 2.05) is 30.5 Å². The number of carboxylic acids is 1. The summed E-state index contributed by atoms with van der Waals surface area (Å²) in [6, 6.07) is 8.20. The van der Waals surface area contributed by atoms with Gasteiger partial charge in [-0.05, 0) is 87.6 Å². The molecular weight excluding hydrogens is 893 g/mol. The molecule has 13 N–H and O–H groups in total. The first-order valence-corrected chi connectivity index (χ1v) is 24.9. The van der Waals surface area contributed by atoms with Crippen molar-refractivity contribution in [3.8, 4) is 0 Å². The highest BCUT2D eigenvalue weighted by Gasteiger charge is 2.34. The molecule has 2 aromatic carbocycles. The number of carboxylic acid groups (broad SMARTS) is 1. The Labute approximate surface area is 402 Å². The van der Waals surface area contributed by atoms with Gasteiger partial charge in [-0.1, -0.05) is 80.6 Å². The van der Waals surface area contributed by atoms with Crippen LogP contribution in [-0.2, 0) is 51.2 Å². The van der Waals surface area contributed by atoms with Crippen molar-refractivity contribution in [1.29, 1.82) is 0 Å². The number of H-pyrrole nitrogens is 1. The van der Waals surface area contributed by atoms with Crippen LogP contribution in [0.2, 0.25) is 0 Å². The van der Waals surface area contributed by atoms with E-state index in [9.17, 15) is 43.5 Å². The fourth-order valence-electron chi connectivity index (χ4n) is 8.18. The van der Waals surface area contributed by atoms with Gasteiger partial charge in [0.2, 0.25) is 41.4 Å². The number of carbonyl (C=O) groups is 8. The summed E-state index contributed by atoms with van der Waals surface area (Å²) in [6.45, 7) is 2.96. The molecule has 1 aliphatic carbocycles. The number of aliphatic carboxylic acids is 1. The molecule has 0 aliphatic heterocycles. The van der Waals surface area contributed by atoms with E-state index in [-0.39, 0.29) is 38.1 Å². The summed E-state index contributed by atoms with van der Waals surface area (Å²) in [7, 11) is 0. The van der Waals surface area contributed by atoms with Crippen LogP contribution in [0.4, 0.5) is 0 Å². The highest BCUT2D eigenvalue weighted by atomic mass is 32.2. The van der Waals surface area contributed by atoms with Crippen molar-refractivity contribution in [3.05, 3.63) is 71.9 Å². The van der Waals surface area contributed by atoms with Gasteiger partial charge in [0.1, 0.15) is 42.3 Å². The fourth-order valence-corrected chi connectivity index (χ4v) is 8.65. The number of nitrogens with two attached hydrogens (primary N) is 2. The predicted octanol–water partition coefficient (Wildman–Crippen LogP) is 1.28. The molecule has 0 spiro atoms. The summed E-state index contributed by atoms with van der Waals surface area (Å²) in [5.74, 6) is -5.14. The second-order valence-corrected chi connectivity index (χ2v) is 18.4. The third-order valence-electron chi connectivity index (χ3n) is 12.1. The molecule has 1 saturated carbocycles. The zero-order chi connectivity index (χ0) is 49.6. The van der Waals surface area contributed by atoms with Crippen molar-refractivity contribution in [2.75, 3.05) is 25.1 Å². The molecule has 0 bridgehead atoms. The molecule has 7 atom stereocenters. The Morgan fingerprint density at radius 3 is 1.82 bits per heavy atom. The fraction of sp³-hybridized carbons (Fsp3) is 0.542. The lowest BCUT2D eigenvalue weighted by Gasteiger charge is -2.29. The van der Waals surface area contributed by atoms with Crippen LogP contribution in [0, 0.1) is 5.92 Å². The summed E-state index contributed by atoms with van der Waals surface area (Å²) >= 11 is 1.49. The van der Waals surface area contributed by atoms with E-state index in [1.54, 1.807) is 36.5 Å². The molecule has 7 amide bonds. The van der Waals surface area contributed by atoms with Crippen LogP contribution < -0.4 is 48.7 Å². The third kappa shape index (κ3) is 17.6. The van der Waals surface area contributed by atoms with Gasteiger partial charge < -0.3 is 58.8 Å². The van der Waals surface area contributed by atoms with Crippen molar-refractivity contribution in [2.24, 2.45) is 17.4 Å². The SMILES string of the molecule is CSCC[C@H](NC(=O)CN)C(=O)N[C@@H](C)C(=O)N[C@@H](CC1CCCCC1)C(=O)N[C@@H](C)C(=O)N[C@@H](Cc1ccccc1)C(=O)N[C@H](Cc1c[nH]c2ccccc12)C(=O)N[C@@H](CCCCN)C(=O)O. The molecule has 1 aliphatic rings. The minimum atomic E-state index is -1.27. The topological polar surface area (TPSA) is 309 Å². The Morgan fingerprint density at radius 2 is 1.21 bits per heavy atom. The van der Waals surface area contributed by atoms with E-state index < -0.39 is 89.6 Å². The average molecular weight is 963 g/mol. The smallest absolute Gasteiger partial charge is 0.326 e. The minimum absolute atomic E-state index is 0.00461. The molecule has 1 fully saturated rings. The lowest BCUT2D eigenvalue weighted by atomic mass is 9.84. The summed E-state index contributed by atoms with van der Waals surface area (Å²) in [5.41, 5.74) is 13.2. The molecule has 0 saturated heterocycles. The zero-order valence-electron chi connectivity index (χ0n) is 39.3. The number of unbranched alkanes of at least 4 members (excludes halogenated alkanes) is 1. The maximum absolute atomic E-state index is 14.4. The number of hydrogen-bond donors (Lipinski definition) is 11. The lowest BCUT2D eigenvalue weighted by molar-refractivity contribution is -0.142. The second kappa shape index (κ2) is 28.4. The molecule has 1 aromatic heterocycles. The number of para-hydroxylation sites is 1. The second-order valence-electron chi connectivity index (χ2n) is 17.4. The first-order valence-electron chi connectivity index (χ1n) is 23.5. The van der Waals surface area contributed by atoms with Crippen molar-refractivity contribution in [3.63, 3.8) is 0 Å². The minimum Gasteiger partial charge on any atom is -0.480 e. The van der Waals surface area contributed by atoms with Crippen molar-refractivity contribution in [2.45, 2.75) is 133 Å². The summed E-state index contributed by atoms with van der Waals surface area (Å²) in [5, 5.41) is 29.6. The van der Waals surface area contributed by atoms with Gasteiger partial charge in [0.05, 0.1) is 6.54 Å². The van der Waals surface area contributed by atoms with Gasteiger partial charge in [0.15, 0.2) is 0 Å². The number of rotatable bonds is 28. The Kier molecular flexibility index (Phi) is 22.8. The quantitative estimate of drug-likeness (QED) is 0.0459. The van der Waals surface area contributed by atoms with Crippen LogP contribution in [0.1, 0.15) is 89.2 Å². The molecule has 0 unspecified atom stereocenters. The summed E-state index contributed by atoms with van der Waals surface area (Å²) in [4.78, 5) is 111. The van der Waals surface area contributed by atoms with E-state index in [2.05, 4.69) is 42.2 Å². The average Bonchev–Trinajstić information content (AvgIpc) is 3.74. The van der Waals surface area contributed by atoms with E-state index in [4.69, 9.17) is 11.5 Å². The first kappa shape index (κ1) is 54.6. The number of hydrogen-bond acceptors (Lipinski definition) is 11. The highest BCUT2D eigenvalue weighted by molar-refractivity contribution is 7.98. The monoisotopic (exact) mass is 963 g/mol. The maximum atomic E-state index is 14.4. The first-order chi connectivity index (χ1) is 32.6. The Hall–Kier alpha value is -5.99. The zero-order valence-corrected chi connectivity index (χ0v) is 40.1. The molecule has 20 heteroatoms. The summed E-state index contributed by atoms with van der Waals surface area (Å²) < 4.78 is 0. The van der Waals surface area contributed by atoms with Gasteiger partial charge in [-0.25, -0.2) is 4.79 Å². The number of carbonyl (C=O) groups excluding carboxylic acids is 7. The molecule has 68 heavy (non-hydrogen) atoms. The maximum Gasteiger partial charge on any atom is 0.326 e. The number of amides is 7. The predicted molar refractivity (Wildman–Crippen MR) is 261 cm³/mol. The van der Waals surface area contributed by atoms with Crippen molar-refractivity contribution < 1.29 is 43.5 Å². The van der Waals surface area contributed by atoms with Crippen LogP contribution in [0.25, 0.3) is 10.9 Å². The molecular formula is C48H70N10O9S. The molecule has 19 nitrogen and oxygen atoms in total. The van der Waals surface area contributed by atoms with Gasteiger partial charge in [-0.2, -0.15) is 11.8 Å². The van der Waals surface area contributed by atoms with Crippen LogP contribution in [0.15, 0.2) is 60.8 Å². The van der Waals surface area contributed by atoms with Crippen LogP contribution in [0.3, 0.4) is 0 Å².